The van der Waals surface area contributed by atoms with Gasteiger partial charge in [-0.2, -0.15) is 5.26 Å². The van der Waals surface area contributed by atoms with Crippen molar-refractivity contribution in [3.8, 4) is 11.8 Å². The number of hydrogen-bond donors (Lipinski definition) is 0. The van der Waals surface area contributed by atoms with Crippen LogP contribution in [0.15, 0.2) is 66.7 Å². The smallest absolute Gasteiger partial charge is 0.120 e. The Kier molecular flexibility index (Phi) is 3.34. The molecule has 96 valence electrons. The van der Waals surface area contributed by atoms with Gasteiger partial charge in [-0.05, 0) is 40.6 Å². The highest BCUT2D eigenvalue weighted by Crippen LogP contribution is 2.21. The fourth-order valence-corrected chi connectivity index (χ4v) is 2.10. The molecule has 0 heterocycles. The predicted octanol–water partition coefficient (Wildman–Crippen LogP) is 4.29. The second kappa shape index (κ2) is 5.46. The lowest BCUT2D eigenvalue weighted by atomic mass is 10.1. The van der Waals surface area contributed by atoms with Crippen LogP contribution in [-0.4, -0.2) is 0 Å². The Morgan fingerprint density at radius 1 is 0.850 bits per heavy atom. The van der Waals surface area contributed by atoms with E-state index in [0.29, 0.717) is 12.2 Å². The molecule has 0 unspecified atom stereocenters. The van der Waals surface area contributed by atoms with Crippen molar-refractivity contribution in [2.75, 3.05) is 0 Å². The topological polar surface area (TPSA) is 33.0 Å². The first-order valence-corrected chi connectivity index (χ1v) is 6.46. The Labute approximate surface area is 117 Å². The van der Waals surface area contributed by atoms with E-state index in [-0.39, 0.29) is 0 Å². The number of fused-ring (bicyclic) bond motifs is 1. The van der Waals surface area contributed by atoms with Gasteiger partial charge >= 0.3 is 0 Å². The molecule has 0 bridgehead atoms. The molecule has 0 fully saturated rings. The van der Waals surface area contributed by atoms with E-state index >= 15 is 0 Å². The molecule has 0 aliphatic carbocycles. The molecule has 0 N–H and O–H groups in total. The Morgan fingerprint density at radius 3 is 2.35 bits per heavy atom. The second-order valence-electron chi connectivity index (χ2n) is 4.61. The highest BCUT2D eigenvalue weighted by molar-refractivity contribution is 5.83. The molecule has 0 spiro atoms. The molecule has 0 aliphatic rings. The lowest BCUT2D eigenvalue weighted by Crippen LogP contribution is -1.95. The Morgan fingerprint density at radius 2 is 1.60 bits per heavy atom. The molecule has 0 saturated heterocycles. The molecule has 3 rings (SSSR count). The molecule has 0 amide bonds. The minimum absolute atomic E-state index is 0.504. The number of nitrogens with zero attached hydrogens (tertiary/aromatic N) is 1. The van der Waals surface area contributed by atoms with Gasteiger partial charge in [-0.3, -0.25) is 0 Å². The van der Waals surface area contributed by atoms with Crippen LogP contribution in [-0.2, 0) is 6.61 Å². The minimum atomic E-state index is 0.504. The molecule has 0 aliphatic heterocycles. The highest BCUT2D eigenvalue weighted by Gasteiger charge is 1.99. The standard InChI is InChI=1S/C18H13NO/c19-12-14-5-7-15(8-6-14)13-20-18-10-9-16-3-1-2-4-17(16)11-18/h1-11H,13H2. The average Bonchev–Trinajstić information content (AvgIpc) is 2.53. The number of benzene rings is 3. The highest BCUT2D eigenvalue weighted by atomic mass is 16.5. The summed E-state index contributed by atoms with van der Waals surface area (Å²) in [5.74, 6) is 0.855. The predicted molar refractivity (Wildman–Crippen MR) is 79.4 cm³/mol. The van der Waals surface area contributed by atoms with Crippen molar-refractivity contribution in [1.29, 1.82) is 5.26 Å². The molecular formula is C18H13NO. The van der Waals surface area contributed by atoms with Crippen LogP contribution in [0.4, 0.5) is 0 Å². The molecule has 20 heavy (non-hydrogen) atoms. The zero-order valence-corrected chi connectivity index (χ0v) is 10.9. The number of rotatable bonds is 3. The van der Waals surface area contributed by atoms with Crippen LogP contribution in [0.5, 0.6) is 5.75 Å². The van der Waals surface area contributed by atoms with Gasteiger partial charge in [0.25, 0.3) is 0 Å². The summed E-state index contributed by atoms with van der Waals surface area (Å²) in [6.45, 7) is 0.504. The summed E-state index contributed by atoms with van der Waals surface area (Å²) < 4.78 is 5.79. The maximum Gasteiger partial charge on any atom is 0.120 e. The Balaban J connectivity index is 1.74. The third-order valence-electron chi connectivity index (χ3n) is 3.21. The molecule has 2 heteroatoms. The maximum atomic E-state index is 8.76. The van der Waals surface area contributed by atoms with Gasteiger partial charge < -0.3 is 4.74 Å². The zero-order chi connectivity index (χ0) is 13.8. The molecular weight excluding hydrogens is 246 g/mol. The van der Waals surface area contributed by atoms with Crippen molar-refractivity contribution in [3.63, 3.8) is 0 Å². The van der Waals surface area contributed by atoms with Gasteiger partial charge in [-0.1, -0.05) is 42.5 Å². The first-order chi connectivity index (χ1) is 9.85. The third kappa shape index (κ3) is 2.62. The number of nitriles is 1. The maximum absolute atomic E-state index is 8.76. The van der Waals surface area contributed by atoms with E-state index in [9.17, 15) is 0 Å². The summed E-state index contributed by atoms with van der Waals surface area (Å²) in [5, 5.41) is 11.1. The van der Waals surface area contributed by atoms with E-state index in [1.165, 1.54) is 10.8 Å². The lowest BCUT2D eigenvalue weighted by molar-refractivity contribution is 0.306. The molecule has 3 aromatic rings. The van der Waals surface area contributed by atoms with E-state index in [1.807, 2.05) is 36.4 Å². The molecule has 3 aromatic carbocycles. The first kappa shape index (κ1) is 12.3. The monoisotopic (exact) mass is 259 g/mol. The fourth-order valence-electron chi connectivity index (χ4n) is 2.10. The van der Waals surface area contributed by atoms with Gasteiger partial charge in [0.1, 0.15) is 12.4 Å². The Bertz CT molecular complexity index is 769. The summed E-state index contributed by atoms with van der Waals surface area (Å²) in [6.07, 6.45) is 0. The second-order valence-corrected chi connectivity index (χ2v) is 4.61. The largest absolute Gasteiger partial charge is 0.489 e. The summed E-state index contributed by atoms with van der Waals surface area (Å²) in [6, 6.07) is 23.8. The van der Waals surface area contributed by atoms with Gasteiger partial charge in [0, 0.05) is 0 Å². The fraction of sp³-hybridized carbons (Fsp3) is 0.0556. The van der Waals surface area contributed by atoms with Crippen LogP contribution in [0.2, 0.25) is 0 Å². The number of hydrogen-bond acceptors (Lipinski definition) is 2. The quantitative estimate of drug-likeness (QED) is 0.703. The van der Waals surface area contributed by atoms with Crippen LogP contribution < -0.4 is 4.74 Å². The van der Waals surface area contributed by atoms with Crippen LogP contribution in [0.1, 0.15) is 11.1 Å². The van der Waals surface area contributed by atoms with E-state index in [2.05, 4.69) is 24.3 Å². The van der Waals surface area contributed by atoms with Crippen molar-refractivity contribution in [2.24, 2.45) is 0 Å². The Hall–Kier alpha value is -2.79. The minimum Gasteiger partial charge on any atom is -0.489 e. The summed E-state index contributed by atoms with van der Waals surface area (Å²) in [4.78, 5) is 0. The summed E-state index contributed by atoms with van der Waals surface area (Å²) in [7, 11) is 0. The SMILES string of the molecule is N#Cc1ccc(COc2ccc3ccccc3c2)cc1. The van der Waals surface area contributed by atoms with Crippen molar-refractivity contribution in [1.82, 2.24) is 0 Å². The number of ether oxygens (including phenoxy) is 1. The average molecular weight is 259 g/mol. The molecule has 2 nitrogen and oxygen atoms in total. The van der Waals surface area contributed by atoms with Gasteiger partial charge in [0.05, 0.1) is 11.6 Å². The van der Waals surface area contributed by atoms with Crippen LogP contribution >= 0.6 is 0 Å². The van der Waals surface area contributed by atoms with Crippen molar-refractivity contribution >= 4 is 10.8 Å². The third-order valence-corrected chi connectivity index (χ3v) is 3.21. The molecule has 0 saturated carbocycles. The van der Waals surface area contributed by atoms with Crippen LogP contribution in [0, 0.1) is 11.3 Å². The molecule has 0 radical (unpaired) electrons. The summed E-state index contributed by atoms with van der Waals surface area (Å²) in [5.41, 5.74) is 1.72. The lowest BCUT2D eigenvalue weighted by Gasteiger charge is -2.07. The van der Waals surface area contributed by atoms with Crippen LogP contribution in [0.3, 0.4) is 0 Å². The molecule has 0 aromatic heterocycles. The van der Waals surface area contributed by atoms with E-state index in [4.69, 9.17) is 10.00 Å². The van der Waals surface area contributed by atoms with E-state index < -0.39 is 0 Å². The van der Waals surface area contributed by atoms with Crippen LogP contribution in [0.25, 0.3) is 10.8 Å². The van der Waals surface area contributed by atoms with Gasteiger partial charge in [0.15, 0.2) is 0 Å². The van der Waals surface area contributed by atoms with E-state index in [1.54, 1.807) is 12.1 Å². The first-order valence-electron chi connectivity index (χ1n) is 6.46. The van der Waals surface area contributed by atoms with Gasteiger partial charge in [-0.15, -0.1) is 0 Å². The van der Waals surface area contributed by atoms with Gasteiger partial charge in [0.2, 0.25) is 0 Å². The normalized spacial score (nSPS) is 10.2. The van der Waals surface area contributed by atoms with E-state index in [0.717, 1.165) is 11.3 Å². The van der Waals surface area contributed by atoms with Crippen molar-refractivity contribution < 1.29 is 4.74 Å². The van der Waals surface area contributed by atoms with Crippen molar-refractivity contribution in [3.05, 3.63) is 77.9 Å². The summed E-state index contributed by atoms with van der Waals surface area (Å²) >= 11 is 0. The molecule has 0 atom stereocenters. The van der Waals surface area contributed by atoms with Gasteiger partial charge in [-0.25, -0.2) is 0 Å². The van der Waals surface area contributed by atoms with Crippen molar-refractivity contribution in [2.45, 2.75) is 6.61 Å². The zero-order valence-electron chi connectivity index (χ0n) is 10.9.